The molecule has 1 aromatic rings. The normalized spacial score (nSPS) is 15.9. The first-order chi connectivity index (χ1) is 9.34. The van der Waals surface area contributed by atoms with Gasteiger partial charge in [-0.15, -0.1) is 0 Å². The summed E-state index contributed by atoms with van der Waals surface area (Å²) in [5, 5.41) is 9.56. The van der Waals surface area contributed by atoms with Gasteiger partial charge in [0.25, 0.3) is 0 Å². The lowest BCUT2D eigenvalue weighted by atomic mass is 9.96. The van der Waals surface area contributed by atoms with Crippen molar-refractivity contribution in [2.24, 2.45) is 0 Å². The minimum atomic E-state index is -0.288. The van der Waals surface area contributed by atoms with Crippen LogP contribution in [0.4, 0.5) is 0 Å². The van der Waals surface area contributed by atoms with Gasteiger partial charge in [-0.3, -0.25) is 4.98 Å². The van der Waals surface area contributed by atoms with E-state index in [1.54, 1.807) is 0 Å². The van der Waals surface area contributed by atoms with Crippen LogP contribution in [-0.2, 0) is 11.3 Å². The van der Waals surface area contributed by atoms with Gasteiger partial charge in [0, 0.05) is 12.6 Å². The van der Waals surface area contributed by atoms with Gasteiger partial charge in [0.2, 0.25) is 0 Å². The van der Waals surface area contributed by atoms with Gasteiger partial charge in [-0.25, -0.2) is 9.89 Å². The number of hydrogen-bond acceptors (Lipinski definition) is 4. The van der Waals surface area contributed by atoms with Gasteiger partial charge in [-0.05, 0) is 12.8 Å². The molecule has 19 heavy (non-hydrogen) atoms. The van der Waals surface area contributed by atoms with Gasteiger partial charge in [0.15, 0.2) is 5.82 Å². The van der Waals surface area contributed by atoms with Crippen LogP contribution in [0, 0.1) is 0 Å². The van der Waals surface area contributed by atoms with Crippen molar-refractivity contribution in [3.05, 3.63) is 16.3 Å². The molecule has 0 spiro atoms. The summed E-state index contributed by atoms with van der Waals surface area (Å²) in [6, 6.07) is 0.664. The summed E-state index contributed by atoms with van der Waals surface area (Å²) >= 11 is 0. The van der Waals surface area contributed by atoms with Crippen molar-refractivity contribution in [3.8, 4) is 0 Å². The molecule has 2 rings (SSSR count). The predicted molar refractivity (Wildman–Crippen MR) is 75.1 cm³/mol. The van der Waals surface area contributed by atoms with E-state index in [-0.39, 0.29) is 5.69 Å². The smallest absolute Gasteiger partial charge is 0.340 e. The summed E-state index contributed by atoms with van der Waals surface area (Å²) < 4.78 is 5.41. The molecule has 0 atom stereocenters. The lowest BCUT2D eigenvalue weighted by molar-refractivity contribution is 0.114. The number of aromatic amines is 2. The zero-order valence-corrected chi connectivity index (χ0v) is 12.0. The third-order valence-corrected chi connectivity index (χ3v) is 3.07. The first-order valence-corrected chi connectivity index (χ1v) is 7.29. The molecular weight excluding hydrogens is 244 g/mol. The molecule has 1 aliphatic rings. The van der Waals surface area contributed by atoms with Gasteiger partial charge >= 0.3 is 5.69 Å². The van der Waals surface area contributed by atoms with Crippen LogP contribution in [-0.4, -0.2) is 34.4 Å². The molecular formula is C13H26N4O2. The van der Waals surface area contributed by atoms with E-state index < -0.39 is 0 Å². The first-order valence-electron chi connectivity index (χ1n) is 7.29. The molecule has 0 saturated heterocycles. The van der Waals surface area contributed by atoms with Crippen molar-refractivity contribution in [2.45, 2.75) is 58.6 Å². The Hall–Kier alpha value is -1.14. The number of ether oxygens (including phenoxy) is 1. The largest absolute Gasteiger partial charge is 0.372 e. The van der Waals surface area contributed by atoms with Gasteiger partial charge < -0.3 is 10.1 Å². The second kappa shape index (κ2) is 9.75. The number of rotatable bonds is 6. The molecule has 0 aromatic carbocycles. The molecule has 3 N–H and O–H groups in total. The maximum Gasteiger partial charge on any atom is 0.340 e. The topological polar surface area (TPSA) is 82.8 Å². The van der Waals surface area contributed by atoms with Crippen molar-refractivity contribution in [3.63, 3.8) is 0 Å². The lowest BCUT2D eigenvalue weighted by Crippen LogP contribution is -2.33. The van der Waals surface area contributed by atoms with Gasteiger partial charge in [-0.2, -0.15) is 5.10 Å². The number of nitrogens with zero attached hydrogens (tertiary/aromatic N) is 1. The summed E-state index contributed by atoms with van der Waals surface area (Å²) in [4.78, 5) is 13.3. The van der Waals surface area contributed by atoms with Crippen LogP contribution in [0.1, 0.15) is 51.8 Å². The van der Waals surface area contributed by atoms with Crippen molar-refractivity contribution in [2.75, 3.05) is 13.2 Å². The molecule has 1 aromatic heterocycles. The Kier molecular flexibility index (Phi) is 8.16. The summed E-state index contributed by atoms with van der Waals surface area (Å²) in [6.07, 6.45) is 6.63. The number of H-pyrrole nitrogens is 2. The van der Waals surface area contributed by atoms with Crippen LogP contribution in [0.25, 0.3) is 0 Å². The van der Waals surface area contributed by atoms with E-state index in [2.05, 4.69) is 20.5 Å². The van der Waals surface area contributed by atoms with Crippen LogP contribution < -0.4 is 11.0 Å². The Balaban J connectivity index is 0.000000861. The van der Waals surface area contributed by atoms with E-state index in [9.17, 15) is 4.79 Å². The third kappa shape index (κ3) is 6.54. The van der Waals surface area contributed by atoms with Crippen LogP contribution in [0.5, 0.6) is 0 Å². The number of hydrogen-bond donors (Lipinski definition) is 3. The van der Waals surface area contributed by atoms with Crippen molar-refractivity contribution in [1.29, 1.82) is 0 Å². The molecule has 1 saturated carbocycles. The van der Waals surface area contributed by atoms with Crippen LogP contribution in [0.15, 0.2) is 4.79 Å². The summed E-state index contributed by atoms with van der Waals surface area (Å²) in [7, 11) is 0. The summed E-state index contributed by atoms with van der Waals surface area (Å²) in [6.45, 7) is 5.86. The Bertz CT molecular complexity index is 369. The molecule has 6 nitrogen and oxygen atoms in total. The maximum atomic E-state index is 10.7. The highest BCUT2D eigenvalue weighted by Crippen LogP contribution is 2.16. The maximum absolute atomic E-state index is 10.7. The fourth-order valence-corrected chi connectivity index (χ4v) is 2.18. The Morgan fingerprint density at radius 3 is 2.68 bits per heavy atom. The van der Waals surface area contributed by atoms with Crippen molar-refractivity contribution in [1.82, 2.24) is 20.5 Å². The molecule has 1 fully saturated rings. The molecule has 110 valence electrons. The summed E-state index contributed by atoms with van der Waals surface area (Å²) in [5.74, 6) is 0.549. The Morgan fingerprint density at radius 2 is 2.05 bits per heavy atom. The molecule has 0 aliphatic heterocycles. The zero-order valence-electron chi connectivity index (χ0n) is 12.0. The van der Waals surface area contributed by atoms with E-state index in [0.717, 1.165) is 6.54 Å². The number of nitrogens with one attached hydrogen (secondary N) is 3. The minimum absolute atomic E-state index is 0.288. The van der Waals surface area contributed by atoms with E-state index in [0.29, 0.717) is 25.1 Å². The lowest BCUT2D eigenvalue weighted by Gasteiger charge is -2.22. The highest BCUT2D eigenvalue weighted by Gasteiger charge is 2.11. The average Bonchev–Trinajstić information content (AvgIpc) is 2.87. The highest BCUT2D eigenvalue weighted by molar-refractivity contribution is 4.76. The van der Waals surface area contributed by atoms with E-state index in [1.165, 1.54) is 32.1 Å². The average molecular weight is 270 g/mol. The quantitative estimate of drug-likeness (QED) is 0.685. The van der Waals surface area contributed by atoms with Crippen LogP contribution in [0.3, 0.4) is 0 Å². The van der Waals surface area contributed by atoms with Gasteiger partial charge in [0.1, 0.15) is 6.61 Å². The fraction of sp³-hybridized carbons (Fsp3) is 0.846. The summed E-state index contributed by atoms with van der Waals surface area (Å²) in [5.41, 5.74) is -0.288. The molecule has 0 unspecified atom stereocenters. The van der Waals surface area contributed by atoms with Gasteiger partial charge in [-0.1, -0.05) is 33.1 Å². The van der Waals surface area contributed by atoms with Crippen molar-refractivity contribution < 1.29 is 4.74 Å². The van der Waals surface area contributed by atoms with Crippen LogP contribution in [0.2, 0.25) is 0 Å². The first kappa shape index (κ1) is 15.9. The highest BCUT2D eigenvalue weighted by atomic mass is 16.5. The fourth-order valence-electron chi connectivity index (χ4n) is 2.18. The van der Waals surface area contributed by atoms with Crippen molar-refractivity contribution >= 4 is 0 Å². The monoisotopic (exact) mass is 270 g/mol. The van der Waals surface area contributed by atoms with E-state index >= 15 is 0 Å². The molecule has 0 amide bonds. The van der Waals surface area contributed by atoms with E-state index in [4.69, 9.17) is 4.74 Å². The second-order valence-corrected chi connectivity index (χ2v) is 4.47. The van der Waals surface area contributed by atoms with Crippen LogP contribution >= 0.6 is 0 Å². The van der Waals surface area contributed by atoms with Gasteiger partial charge in [0.05, 0.1) is 6.61 Å². The SMILES string of the molecule is CC.O=c1[nH]nc(COCCNC2CCCCC2)[nH]1. The Morgan fingerprint density at radius 1 is 1.32 bits per heavy atom. The predicted octanol–water partition coefficient (Wildman–Crippen LogP) is 1.56. The molecule has 0 radical (unpaired) electrons. The molecule has 1 aliphatic carbocycles. The Labute approximate surface area is 114 Å². The standard InChI is InChI=1S/C11H20N4O2.C2H6/c16-11-13-10(14-15-11)8-17-7-6-12-9-4-2-1-3-5-9;1-2/h9,12H,1-8H2,(H2,13,14,15,16);1-2H3. The minimum Gasteiger partial charge on any atom is -0.372 e. The second-order valence-electron chi connectivity index (χ2n) is 4.47. The number of aromatic nitrogens is 3. The molecule has 1 heterocycles. The zero-order chi connectivity index (χ0) is 13.9. The molecule has 0 bridgehead atoms. The molecule has 6 heteroatoms. The van der Waals surface area contributed by atoms with E-state index in [1.807, 2.05) is 13.8 Å². The third-order valence-electron chi connectivity index (χ3n) is 3.07.